The van der Waals surface area contributed by atoms with Crippen molar-refractivity contribution in [3.05, 3.63) is 51.4 Å². The Bertz CT molecular complexity index is 862. The molecule has 1 aromatic carbocycles. The second kappa shape index (κ2) is 5.86. The minimum atomic E-state index is -0.312. The van der Waals surface area contributed by atoms with Crippen LogP contribution in [0.1, 0.15) is 43.5 Å². The van der Waals surface area contributed by atoms with E-state index in [1.165, 1.54) is 16.9 Å². The van der Waals surface area contributed by atoms with Gasteiger partial charge in [0.25, 0.3) is 5.56 Å². The van der Waals surface area contributed by atoms with E-state index in [4.69, 9.17) is 11.6 Å². The molecule has 0 saturated heterocycles. The molecular weight excluding hydrogens is 316 g/mol. The molecule has 3 aromatic rings. The van der Waals surface area contributed by atoms with Crippen LogP contribution >= 0.6 is 22.9 Å². The topological polar surface area (TPSA) is 45.8 Å². The summed E-state index contributed by atoms with van der Waals surface area (Å²) >= 11 is 7.49. The van der Waals surface area contributed by atoms with Crippen LogP contribution in [-0.4, -0.2) is 9.97 Å². The molecule has 0 bridgehead atoms. The lowest BCUT2D eigenvalue weighted by Gasteiger charge is -2.06. The first-order valence-corrected chi connectivity index (χ1v) is 8.54. The Balaban J connectivity index is 2.14. The third-order valence-electron chi connectivity index (χ3n) is 3.73. The van der Waals surface area contributed by atoms with Crippen molar-refractivity contribution in [2.75, 3.05) is 0 Å². The molecule has 5 heteroatoms. The van der Waals surface area contributed by atoms with Crippen molar-refractivity contribution >= 4 is 33.2 Å². The first kappa shape index (κ1) is 15.3. The van der Waals surface area contributed by atoms with Gasteiger partial charge in [0, 0.05) is 10.9 Å². The fraction of sp³-hybridized carbons (Fsp3) is 0.294. The van der Waals surface area contributed by atoms with E-state index >= 15 is 0 Å². The Hall–Kier alpha value is -1.65. The van der Waals surface area contributed by atoms with Crippen LogP contribution in [0.25, 0.3) is 21.3 Å². The molecule has 2 heterocycles. The number of hydrogen-bond acceptors (Lipinski definition) is 3. The van der Waals surface area contributed by atoms with Crippen molar-refractivity contribution in [2.45, 2.75) is 32.1 Å². The lowest BCUT2D eigenvalue weighted by atomic mass is 9.99. The van der Waals surface area contributed by atoms with E-state index in [2.05, 4.69) is 48.1 Å². The van der Waals surface area contributed by atoms with Gasteiger partial charge in [0.1, 0.15) is 10.7 Å². The number of H-pyrrole nitrogens is 1. The number of nitrogens with zero attached hydrogens (tertiary/aromatic N) is 1. The van der Waals surface area contributed by atoms with Crippen LogP contribution in [0, 0.1) is 0 Å². The van der Waals surface area contributed by atoms with E-state index in [-0.39, 0.29) is 10.9 Å². The van der Waals surface area contributed by atoms with Gasteiger partial charge < -0.3 is 4.98 Å². The van der Waals surface area contributed by atoms with Crippen molar-refractivity contribution in [1.29, 1.82) is 0 Å². The van der Waals surface area contributed by atoms with E-state index in [1.807, 2.05) is 5.38 Å². The number of thiophene rings is 1. The molecule has 0 aliphatic heterocycles. The summed E-state index contributed by atoms with van der Waals surface area (Å²) < 4.78 is 0. The fourth-order valence-corrected chi connectivity index (χ4v) is 3.47. The Morgan fingerprint density at radius 2 is 1.86 bits per heavy atom. The fourth-order valence-electron chi connectivity index (χ4n) is 2.41. The second-order valence-electron chi connectivity index (χ2n) is 5.67. The number of benzene rings is 1. The number of rotatable bonds is 3. The van der Waals surface area contributed by atoms with Crippen LogP contribution in [0.4, 0.5) is 0 Å². The van der Waals surface area contributed by atoms with Crippen molar-refractivity contribution in [2.24, 2.45) is 0 Å². The summed E-state index contributed by atoms with van der Waals surface area (Å²) in [7, 11) is 0. The summed E-state index contributed by atoms with van der Waals surface area (Å²) in [5, 5.41) is 2.32. The maximum Gasteiger partial charge on any atom is 0.260 e. The zero-order valence-corrected chi connectivity index (χ0v) is 14.3. The van der Waals surface area contributed by atoms with Crippen LogP contribution in [0.2, 0.25) is 0 Å². The monoisotopic (exact) mass is 332 g/mol. The molecule has 0 amide bonds. The Labute approximate surface area is 138 Å². The zero-order valence-electron chi connectivity index (χ0n) is 12.7. The van der Waals surface area contributed by atoms with Gasteiger partial charge in [0.05, 0.1) is 10.8 Å². The van der Waals surface area contributed by atoms with Gasteiger partial charge in [-0.25, -0.2) is 4.98 Å². The molecule has 22 heavy (non-hydrogen) atoms. The highest BCUT2D eigenvalue weighted by Gasteiger charge is 2.14. The molecule has 0 aliphatic carbocycles. The van der Waals surface area contributed by atoms with Crippen LogP contribution in [-0.2, 0) is 0 Å². The van der Waals surface area contributed by atoms with Crippen LogP contribution < -0.4 is 5.56 Å². The first-order chi connectivity index (χ1) is 10.5. The van der Waals surface area contributed by atoms with Gasteiger partial charge in [0.2, 0.25) is 0 Å². The van der Waals surface area contributed by atoms with Crippen LogP contribution in [0.3, 0.4) is 0 Å². The molecule has 114 valence electrons. The van der Waals surface area contributed by atoms with Gasteiger partial charge in [-0.05, 0) is 24.0 Å². The summed E-state index contributed by atoms with van der Waals surface area (Å²) in [6.07, 6.45) is 0. The van der Waals surface area contributed by atoms with Gasteiger partial charge in [0.15, 0.2) is 0 Å². The van der Waals surface area contributed by atoms with Gasteiger partial charge in [-0.1, -0.05) is 38.1 Å². The van der Waals surface area contributed by atoms with Crippen LogP contribution in [0.15, 0.2) is 34.4 Å². The Kier molecular flexibility index (Phi) is 4.06. The molecule has 3 nitrogen and oxygen atoms in total. The third kappa shape index (κ3) is 2.69. The highest BCUT2D eigenvalue weighted by Crippen LogP contribution is 2.32. The van der Waals surface area contributed by atoms with Crippen LogP contribution in [0.5, 0.6) is 0 Å². The number of aromatic nitrogens is 2. The number of nitrogens with one attached hydrogen (secondary N) is 1. The standard InChI is InChI=1S/C17H17ClN2OS/c1-9(2)11-4-6-12(7-5-11)13-8-22-17-14(13)16(21)19-15(20-17)10(3)18/h4-10H,1-3H3,(H,19,20,21). The average molecular weight is 333 g/mol. The molecule has 0 saturated carbocycles. The molecule has 1 atom stereocenters. The largest absolute Gasteiger partial charge is 0.309 e. The third-order valence-corrected chi connectivity index (χ3v) is 4.81. The first-order valence-electron chi connectivity index (χ1n) is 7.23. The summed E-state index contributed by atoms with van der Waals surface area (Å²) in [5.41, 5.74) is 3.12. The number of aromatic amines is 1. The molecule has 1 unspecified atom stereocenters. The molecule has 0 spiro atoms. The summed E-state index contributed by atoms with van der Waals surface area (Å²) in [4.78, 5) is 20.4. The molecular formula is C17H17ClN2OS. The summed E-state index contributed by atoms with van der Waals surface area (Å²) in [6, 6.07) is 8.35. The normalized spacial score (nSPS) is 13.0. The highest BCUT2D eigenvalue weighted by atomic mass is 35.5. The van der Waals surface area contributed by atoms with Crippen molar-refractivity contribution < 1.29 is 0 Å². The minimum absolute atomic E-state index is 0.128. The van der Waals surface area contributed by atoms with E-state index < -0.39 is 0 Å². The van der Waals surface area contributed by atoms with Crippen molar-refractivity contribution in [3.63, 3.8) is 0 Å². The molecule has 0 radical (unpaired) electrons. The highest BCUT2D eigenvalue weighted by molar-refractivity contribution is 7.17. The van der Waals surface area contributed by atoms with Gasteiger partial charge in [-0.3, -0.25) is 4.79 Å². The smallest absolute Gasteiger partial charge is 0.260 e. The lowest BCUT2D eigenvalue weighted by Crippen LogP contribution is -2.11. The summed E-state index contributed by atoms with van der Waals surface area (Å²) in [6.45, 7) is 6.13. The number of hydrogen-bond donors (Lipinski definition) is 1. The predicted molar refractivity (Wildman–Crippen MR) is 94.0 cm³/mol. The Morgan fingerprint density at radius 3 is 2.45 bits per heavy atom. The molecule has 1 N–H and O–H groups in total. The van der Waals surface area contributed by atoms with Gasteiger partial charge in [-0.15, -0.1) is 22.9 Å². The van der Waals surface area contributed by atoms with Gasteiger partial charge >= 0.3 is 0 Å². The maximum atomic E-state index is 12.4. The lowest BCUT2D eigenvalue weighted by molar-refractivity contribution is 0.867. The second-order valence-corrected chi connectivity index (χ2v) is 7.19. The summed E-state index contributed by atoms with van der Waals surface area (Å²) in [5.74, 6) is 1.01. The van der Waals surface area contributed by atoms with E-state index in [9.17, 15) is 4.79 Å². The zero-order chi connectivity index (χ0) is 15.9. The Morgan fingerprint density at radius 1 is 1.18 bits per heavy atom. The van der Waals surface area contributed by atoms with Crippen molar-refractivity contribution in [1.82, 2.24) is 9.97 Å². The minimum Gasteiger partial charge on any atom is -0.309 e. The number of halogens is 1. The molecule has 3 rings (SSSR count). The molecule has 2 aromatic heterocycles. The predicted octanol–water partition coefficient (Wildman–Crippen LogP) is 5.07. The quantitative estimate of drug-likeness (QED) is 0.680. The number of alkyl halides is 1. The number of fused-ring (bicyclic) bond motifs is 1. The van der Waals surface area contributed by atoms with E-state index in [0.29, 0.717) is 17.1 Å². The average Bonchev–Trinajstić information content (AvgIpc) is 2.91. The van der Waals surface area contributed by atoms with Crippen molar-refractivity contribution in [3.8, 4) is 11.1 Å². The SMILES string of the molecule is CC(C)c1ccc(-c2csc3nc(C(C)Cl)[nH]c(=O)c23)cc1. The molecule has 0 fully saturated rings. The molecule has 0 aliphatic rings. The van der Waals surface area contributed by atoms with Gasteiger partial charge in [-0.2, -0.15) is 0 Å². The maximum absolute atomic E-state index is 12.4. The van der Waals surface area contributed by atoms with E-state index in [1.54, 1.807) is 6.92 Å². The van der Waals surface area contributed by atoms with E-state index in [0.717, 1.165) is 16.0 Å².